The molecule has 0 unspecified atom stereocenters. The summed E-state index contributed by atoms with van der Waals surface area (Å²) in [7, 11) is 0. The third-order valence-electron chi connectivity index (χ3n) is 2.34. The molecule has 0 fully saturated rings. The third kappa shape index (κ3) is 3.11. The van der Waals surface area contributed by atoms with Gasteiger partial charge < -0.3 is 0 Å². The van der Waals surface area contributed by atoms with E-state index in [1.807, 2.05) is 0 Å². The van der Waals surface area contributed by atoms with Crippen molar-refractivity contribution in [1.82, 2.24) is 0 Å². The van der Waals surface area contributed by atoms with Gasteiger partial charge in [0.05, 0.1) is 4.88 Å². The van der Waals surface area contributed by atoms with Crippen LogP contribution >= 0.6 is 34.5 Å². The quantitative estimate of drug-likeness (QED) is 0.670. The standard InChI is InChI=1S/C12H5Cl2F3OS/c13-7-3-1-6(2-4-7)8-5-9(11(14)18)19-10(8)12(15,16)17/h1-5H. The lowest BCUT2D eigenvalue weighted by Gasteiger charge is -2.07. The average molecular weight is 325 g/mol. The fourth-order valence-electron chi connectivity index (χ4n) is 1.54. The number of halogens is 5. The van der Waals surface area contributed by atoms with Crippen molar-refractivity contribution in [2.24, 2.45) is 0 Å². The van der Waals surface area contributed by atoms with Crippen molar-refractivity contribution < 1.29 is 18.0 Å². The van der Waals surface area contributed by atoms with Crippen LogP contribution in [0.2, 0.25) is 5.02 Å². The fraction of sp³-hybridized carbons (Fsp3) is 0.0833. The normalized spacial score (nSPS) is 11.6. The Bertz CT molecular complexity index is 617. The largest absolute Gasteiger partial charge is 0.426 e. The van der Waals surface area contributed by atoms with Gasteiger partial charge >= 0.3 is 6.18 Å². The highest BCUT2D eigenvalue weighted by Gasteiger charge is 2.36. The van der Waals surface area contributed by atoms with E-state index in [4.69, 9.17) is 23.2 Å². The summed E-state index contributed by atoms with van der Waals surface area (Å²) in [6.45, 7) is 0. The molecule has 0 saturated heterocycles. The van der Waals surface area contributed by atoms with Crippen molar-refractivity contribution in [3.8, 4) is 11.1 Å². The zero-order chi connectivity index (χ0) is 14.2. The maximum atomic E-state index is 12.9. The van der Waals surface area contributed by atoms with Crippen molar-refractivity contribution in [1.29, 1.82) is 0 Å². The Kier molecular flexibility index (Phi) is 3.90. The van der Waals surface area contributed by atoms with Gasteiger partial charge in [-0.05, 0) is 35.4 Å². The third-order valence-corrected chi connectivity index (χ3v) is 4.08. The molecule has 2 rings (SSSR count). The van der Waals surface area contributed by atoms with Crippen molar-refractivity contribution in [2.45, 2.75) is 6.18 Å². The maximum Gasteiger partial charge on any atom is 0.426 e. The van der Waals surface area contributed by atoms with Crippen LogP contribution in [0.1, 0.15) is 14.5 Å². The summed E-state index contributed by atoms with van der Waals surface area (Å²) >= 11 is 11.3. The van der Waals surface area contributed by atoms with Crippen molar-refractivity contribution in [3.05, 3.63) is 45.1 Å². The second-order valence-corrected chi connectivity index (χ2v) is 5.46. The van der Waals surface area contributed by atoms with Gasteiger partial charge in [0.1, 0.15) is 4.88 Å². The minimum absolute atomic E-state index is 0.0711. The monoisotopic (exact) mass is 324 g/mol. The number of hydrogen-bond acceptors (Lipinski definition) is 2. The summed E-state index contributed by atoms with van der Waals surface area (Å²) in [5, 5.41) is -0.489. The molecule has 7 heteroatoms. The van der Waals surface area contributed by atoms with E-state index in [1.165, 1.54) is 24.3 Å². The van der Waals surface area contributed by atoms with E-state index in [-0.39, 0.29) is 10.4 Å². The van der Waals surface area contributed by atoms with Crippen LogP contribution < -0.4 is 0 Å². The van der Waals surface area contributed by atoms with Crippen LogP contribution in [0.25, 0.3) is 11.1 Å². The molecule has 0 aliphatic rings. The highest BCUT2D eigenvalue weighted by atomic mass is 35.5. The summed E-state index contributed by atoms with van der Waals surface area (Å²) in [5.74, 6) is 0. The fourth-order valence-corrected chi connectivity index (χ4v) is 2.72. The first-order valence-electron chi connectivity index (χ1n) is 4.96. The molecule has 1 heterocycles. The van der Waals surface area contributed by atoms with Crippen LogP contribution in [0, 0.1) is 0 Å². The van der Waals surface area contributed by atoms with Crippen LogP contribution in [0.15, 0.2) is 30.3 Å². The highest BCUT2D eigenvalue weighted by Crippen LogP contribution is 2.43. The van der Waals surface area contributed by atoms with Crippen LogP contribution in [-0.4, -0.2) is 5.24 Å². The first-order valence-corrected chi connectivity index (χ1v) is 6.53. The zero-order valence-electron chi connectivity index (χ0n) is 9.09. The maximum absolute atomic E-state index is 12.9. The van der Waals surface area contributed by atoms with Gasteiger partial charge in [0.2, 0.25) is 0 Å². The van der Waals surface area contributed by atoms with E-state index >= 15 is 0 Å². The molecule has 0 spiro atoms. The highest BCUT2D eigenvalue weighted by molar-refractivity contribution is 7.16. The Morgan fingerprint density at radius 2 is 1.74 bits per heavy atom. The summed E-state index contributed by atoms with van der Waals surface area (Å²) in [4.78, 5) is 10.0. The number of hydrogen-bond donors (Lipinski definition) is 0. The average Bonchev–Trinajstić information content (AvgIpc) is 2.74. The van der Waals surface area contributed by atoms with Gasteiger partial charge in [-0.2, -0.15) is 13.2 Å². The Labute approximate surface area is 120 Å². The summed E-state index contributed by atoms with van der Waals surface area (Å²) in [6.07, 6.45) is -4.54. The van der Waals surface area contributed by atoms with Crippen molar-refractivity contribution in [2.75, 3.05) is 0 Å². The van der Waals surface area contributed by atoms with E-state index in [0.717, 1.165) is 6.07 Å². The van der Waals surface area contributed by atoms with Gasteiger partial charge in [0.15, 0.2) is 0 Å². The Hall–Kier alpha value is -1.04. The second-order valence-electron chi connectivity index (χ2n) is 3.63. The molecular formula is C12H5Cl2F3OS. The molecule has 0 atom stereocenters. The van der Waals surface area contributed by atoms with Crippen LogP contribution in [0.3, 0.4) is 0 Å². The number of carbonyl (C=O) groups excluding carboxylic acids is 1. The molecule has 0 saturated carbocycles. The van der Waals surface area contributed by atoms with E-state index in [9.17, 15) is 18.0 Å². The van der Waals surface area contributed by atoms with Gasteiger partial charge in [-0.15, -0.1) is 11.3 Å². The van der Waals surface area contributed by atoms with Gasteiger partial charge in [0.25, 0.3) is 5.24 Å². The molecule has 100 valence electrons. The summed E-state index contributed by atoms with van der Waals surface area (Å²) in [5.41, 5.74) is 0.260. The molecule has 0 aliphatic heterocycles. The lowest BCUT2D eigenvalue weighted by molar-refractivity contribution is -0.133. The SMILES string of the molecule is O=C(Cl)c1cc(-c2ccc(Cl)cc2)c(C(F)(F)F)s1. The number of benzene rings is 1. The lowest BCUT2D eigenvalue weighted by Crippen LogP contribution is -2.03. The molecule has 19 heavy (non-hydrogen) atoms. The second kappa shape index (κ2) is 5.15. The minimum atomic E-state index is -4.54. The number of carbonyl (C=O) groups is 1. The molecule has 0 aliphatic carbocycles. The van der Waals surface area contributed by atoms with E-state index < -0.39 is 16.3 Å². The number of rotatable bonds is 2. The van der Waals surface area contributed by atoms with Gasteiger partial charge in [-0.3, -0.25) is 4.79 Å². The first-order chi connectivity index (χ1) is 8.79. The molecule has 1 nitrogen and oxygen atoms in total. The molecule has 0 bridgehead atoms. The molecular weight excluding hydrogens is 320 g/mol. The Balaban J connectivity index is 2.61. The molecule has 0 N–H and O–H groups in total. The molecule has 2 aromatic rings. The smallest absolute Gasteiger partial charge is 0.275 e. The van der Waals surface area contributed by atoms with Crippen molar-refractivity contribution >= 4 is 39.8 Å². The van der Waals surface area contributed by atoms with E-state index in [0.29, 0.717) is 21.9 Å². The lowest BCUT2D eigenvalue weighted by atomic mass is 10.1. The Morgan fingerprint density at radius 3 is 2.21 bits per heavy atom. The summed E-state index contributed by atoms with van der Waals surface area (Å²) in [6, 6.07) is 7.03. The molecule has 1 aromatic heterocycles. The summed E-state index contributed by atoms with van der Waals surface area (Å²) < 4.78 is 38.8. The predicted octanol–water partition coefficient (Wildman–Crippen LogP) is 5.47. The Morgan fingerprint density at radius 1 is 1.16 bits per heavy atom. The molecule has 0 amide bonds. The van der Waals surface area contributed by atoms with Gasteiger partial charge in [-0.25, -0.2) is 0 Å². The van der Waals surface area contributed by atoms with Gasteiger partial charge in [0, 0.05) is 10.6 Å². The molecule has 1 aromatic carbocycles. The van der Waals surface area contributed by atoms with Crippen LogP contribution in [0.4, 0.5) is 13.2 Å². The van der Waals surface area contributed by atoms with E-state index in [1.54, 1.807) is 0 Å². The topological polar surface area (TPSA) is 17.1 Å². The minimum Gasteiger partial charge on any atom is -0.275 e. The van der Waals surface area contributed by atoms with Gasteiger partial charge in [-0.1, -0.05) is 23.7 Å². The molecule has 0 radical (unpaired) electrons. The van der Waals surface area contributed by atoms with Crippen LogP contribution in [0.5, 0.6) is 0 Å². The number of thiophene rings is 1. The van der Waals surface area contributed by atoms with Crippen LogP contribution in [-0.2, 0) is 6.18 Å². The first kappa shape index (κ1) is 14.4. The zero-order valence-corrected chi connectivity index (χ0v) is 11.4. The predicted molar refractivity (Wildman–Crippen MR) is 70.0 cm³/mol. The van der Waals surface area contributed by atoms with E-state index in [2.05, 4.69) is 0 Å². The van der Waals surface area contributed by atoms with Crippen molar-refractivity contribution in [3.63, 3.8) is 0 Å². The number of alkyl halides is 3.